The number of benzene rings is 1. The quantitative estimate of drug-likeness (QED) is 0.830. The Balaban J connectivity index is 2.72. The number of esters is 1. The van der Waals surface area contributed by atoms with Gasteiger partial charge in [-0.3, -0.25) is 0 Å². The van der Waals surface area contributed by atoms with Crippen molar-refractivity contribution in [1.29, 1.82) is 0 Å². The highest BCUT2D eigenvalue weighted by Crippen LogP contribution is 2.15. The van der Waals surface area contributed by atoms with Crippen LogP contribution in [0.5, 0.6) is 0 Å². The van der Waals surface area contributed by atoms with Crippen LogP contribution in [0.1, 0.15) is 11.6 Å². The van der Waals surface area contributed by atoms with Crippen molar-refractivity contribution < 1.29 is 27.5 Å². The van der Waals surface area contributed by atoms with Gasteiger partial charge in [0.05, 0.1) is 7.11 Å². The number of hydrogen-bond acceptors (Lipinski definition) is 3. The number of amides is 2. The Morgan fingerprint density at radius 1 is 1.25 bits per heavy atom. The number of ether oxygens (including phenoxy) is 1. The number of halogens is 3. The van der Waals surface area contributed by atoms with Crippen LogP contribution in [-0.4, -0.2) is 31.8 Å². The van der Waals surface area contributed by atoms with Gasteiger partial charge in [-0.1, -0.05) is 30.3 Å². The van der Waals surface area contributed by atoms with Gasteiger partial charge in [-0.2, -0.15) is 13.2 Å². The van der Waals surface area contributed by atoms with Gasteiger partial charge in [-0.15, -0.1) is 0 Å². The summed E-state index contributed by atoms with van der Waals surface area (Å²) in [5, 5.41) is 3.75. The van der Waals surface area contributed by atoms with Crippen LogP contribution in [0.3, 0.4) is 0 Å². The van der Waals surface area contributed by atoms with E-state index in [9.17, 15) is 22.8 Å². The number of hydrogen-bond donors (Lipinski definition) is 2. The first kappa shape index (κ1) is 15.8. The molecule has 0 aliphatic carbocycles. The highest BCUT2D eigenvalue weighted by Gasteiger charge is 2.29. The van der Waals surface area contributed by atoms with Gasteiger partial charge >= 0.3 is 18.2 Å². The molecule has 2 amide bonds. The van der Waals surface area contributed by atoms with E-state index >= 15 is 0 Å². The van der Waals surface area contributed by atoms with E-state index in [-0.39, 0.29) is 0 Å². The normalized spacial score (nSPS) is 12.4. The molecule has 0 aliphatic rings. The minimum atomic E-state index is -4.52. The average Bonchev–Trinajstić information content (AvgIpc) is 2.42. The molecule has 0 heterocycles. The summed E-state index contributed by atoms with van der Waals surface area (Å²) in [6.07, 6.45) is -4.52. The first-order valence-electron chi connectivity index (χ1n) is 5.57. The van der Waals surface area contributed by atoms with E-state index in [1.54, 1.807) is 35.6 Å². The van der Waals surface area contributed by atoms with Gasteiger partial charge in [0, 0.05) is 0 Å². The van der Waals surface area contributed by atoms with Crippen LogP contribution in [-0.2, 0) is 9.53 Å². The summed E-state index contributed by atoms with van der Waals surface area (Å²) in [4.78, 5) is 22.9. The standard InChI is InChI=1S/C12H13F3N2O3/c1-20-10(18)9(8-5-3-2-4-6-8)17-11(19)16-7-12(13,14)15/h2-6,9H,7H2,1H3,(H2,16,17,19). The van der Waals surface area contributed by atoms with Gasteiger partial charge in [-0.05, 0) is 5.56 Å². The lowest BCUT2D eigenvalue weighted by Gasteiger charge is -2.17. The van der Waals surface area contributed by atoms with Gasteiger partial charge in [0.2, 0.25) is 0 Å². The summed E-state index contributed by atoms with van der Waals surface area (Å²) in [5.41, 5.74) is 0.404. The molecule has 0 spiro atoms. The number of alkyl halides is 3. The molecule has 1 atom stereocenters. The molecular formula is C12H13F3N2O3. The summed E-state index contributed by atoms with van der Waals surface area (Å²) in [5.74, 6) is -0.779. The van der Waals surface area contributed by atoms with Gasteiger partial charge in [0.1, 0.15) is 6.54 Å². The third-order valence-electron chi connectivity index (χ3n) is 2.29. The summed E-state index contributed by atoms with van der Waals surface area (Å²) >= 11 is 0. The molecule has 1 aromatic carbocycles. The Morgan fingerprint density at radius 3 is 2.35 bits per heavy atom. The smallest absolute Gasteiger partial charge is 0.405 e. The molecule has 2 N–H and O–H groups in total. The maximum absolute atomic E-state index is 12.0. The van der Waals surface area contributed by atoms with Gasteiger partial charge in [-0.25, -0.2) is 9.59 Å². The van der Waals surface area contributed by atoms with E-state index in [4.69, 9.17) is 0 Å². The molecule has 0 radical (unpaired) electrons. The molecule has 0 saturated heterocycles. The molecular weight excluding hydrogens is 277 g/mol. The minimum absolute atomic E-state index is 0.404. The van der Waals surface area contributed by atoms with E-state index in [1.807, 2.05) is 0 Å². The van der Waals surface area contributed by atoms with Crippen molar-refractivity contribution in [2.45, 2.75) is 12.2 Å². The van der Waals surface area contributed by atoms with Crippen molar-refractivity contribution in [2.24, 2.45) is 0 Å². The molecule has 8 heteroatoms. The summed E-state index contributed by atoms with van der Waals surface area (Å²) in [7, 11) is 1.12. The van der Waals surface area contributed by atoms with Crippen LogP contribution >= 0.6 is 0 Å². The third kappa shape index (κ3) is 5.17. The first-order valence-corrected chi connectivity index (χ1v) is 5.57. The Kier molecular flexibility index (Phi) is 5.36. The molecule has 0 aromatic heterocycles. The number of rotatable bonds is 4. The lowest BCUT2D eigenvalue weighted by atomic mass is 10.1. The van der Waals surface area contributed by atoms with Crippen molar-refractivity contribution in [2.75, 3.05) is 13.7 Å². The molecule has 0 aliphatic heterocycles. The first-order chi connectivity index (χ1) is 9.33. The van der Waals surface area contributed by atoms with E-state index in [2.05, 4.69) is 10.1 Å². The Hall–Kier alpha value is -2.25. The van der Waals surface area contributed by atoms with Crippen LogP contribution in [0, 0.1) is 0 Å². The van der Waals surface area contributed by atoms with E-state index < -0.39 is 30.8 Å². The molecule has 20 heavy (non-hydrogen) atoms. The van der Waals surface area contributed by atoms with Crippen molar-refractivity contribution in [3.8, 4) is 0 Å². The maximum Gasteiger partial charge on any atom is 0.405 e. The lowest BCUT2D eigenvalue weighted by Crippen LogP contribution is -2.44. The SMILES string of the molecule is COC(=O)C(NC(=O)NCC(F)(F)F)c1ccccc1. The fourth-order valence-electron chi connectivity index (χ4n) is 1.40. The Bertz CT molecular complexity index is 463. The van der Waals surface area contributed by atoms with Crippen molar-refractivity contribution in [3.05, 3.63) is 35.9 Å². The molecule has 1 aromatic rings. The van der Waals surface area contributed by atoms with Crippen molar-refractivity contribution in [1.82, 2.24) is 10.6 Å². The van der Waals surface area contributed by atoms with Gasteiger partial charge in [0.15, 0.2) is 6.04 Å². The molecule has 0 bridgehead atoms. The number of nitrogens with one attached hydrogen (secondary N) is 2. The molecule has 5 nitrogen and oxygen atoms in total. The molecule has 1 unspecified atom stereocenters. The molecule has 1 rings (SSSR count). The van der Waals surface area contributed by atoms with Crippen LogP contribution in [0.15, 0.2) is 30.3 Å². The molecule has 0 saturated carbocycles. The van der Waals surface area contributed by atoms with Crippen LogP contribution in [0.2, 0.25) is 0 Å². The zero-order valence-electron chi connectivity index (χ0n) is 10.5. The van der Waals surface area contributed by atoms with E-state index in [0.717, 1.165) is 7.11 Å². The zero-order valence-corrected chi connectivity index (χ0v) is 10.5. The lowest BCUT2D eigenvalue weighted by molar-refractivity contribution is -0.143. The second-order valence-corrected chi connectivity index (χ2v) is 3.81. The average molecular weight is 290 g/mol. The van der Waals surface area contributed by atoms with Gasteiger partial charge in [0.25, 0.3) is 0 Å². The summed E-state index contributed by atoms with van der Waals surface area (Å²) < 4.78 is 40.4. The highest BCUT2D eigenvalue weighted by atomic mass is 19.4. The summed E-state index contributed by atoms with van der Waals surface area (Å²) in [6.45, 7) is -1.48. The fraction of sp³-hybridized carbons (Fsp3) is 0.333. The topological polar surface area (TPSA) is 67.4 Å². The highest BCUT2D eigenvalue weighted by molar-refractivity contribution is 5.84. The zero-order chi connectivity index (χ0) is 15.2. The molecule has 110 valence electrons. The maximum atomic E-state index is 12.0. The fourth-order valence-corrected chi connectivity index (χ4v) is 1.40. The van der Waals surface area contributed by atoms with Crippen molar-refractivity contribution >= 4 is 12.0 Å². The predicted molar refractivity (Wildman–Crippen MR) is 63.8 cm³/mol. The molecule has 0 fully saturated rings. The van der Waals surface area contributed by atoms with Crippen molar-refractivity contribution in [3.63, 3.8) is 0 Å². The number of methoxy groups -OCH3 is 1. The summed E-state index contributed by atoms with van der Waals surface area (Å²) in [6, 6.07) is 5.76. The number of urea groups is 1. The second-order valence-electron chi connectivity index (χ2n) is 3.81. The number of carbonyl (C=O) groups is 2. The predicted octanol–water partition coefficient (Wildman–Crippen LogP) is 1.76. The van der Waals surface area contributed by atoms with Gasteiger partial charge < -0.3 is 15.4 Å². The Labute approximate surface area is 113 Å². The van der Waals surface area contributed by atoms with E-state index in [1.165, 1.54) is 0 Å². The van der Waals surface area contributed by atoms with Crippen LogP contribution in [0.4, 0.5) is 18.0 Å². The monoisotopic (exact) mass is 290 g/mol. The van der Waals surface area contributed by atoms with Crippen LogP contribution in [0.25, 0.3) is 0 Å². The van der Waals surface area contributed by atoms with Crippen LogP contribution < -0.4 is 10.6 Å². The largest absolute Gasteiger partial charge is 0.467 e. The number of carbonyl (C=O) groups excluding carboxylic acids is 2. The minimum Gasteiger partial charge on any atom is -0.467 e. The second kappa shape index (κ2) is 6.78. The van der Waals surface area contributed by atoms with E-state index in [0.29, 0.717) is 5.56 Å². The third-order valence-corrected chi connectivity index (χ3v) is 2.29. The Morgan fingerprint density at radius 2 is 1.85 bits per heavy atom.